The maximum absolute atomic E-state index is 15.1. The molecule has 4 atom stereocenters. The number of terminal acetylenes is 1. The topological polar surface area (TPSA) is 94.6 Å². The molecule has 0 radical (unpaired) electrons. The molecule has 1 aromatic heterocycles. The molecule has 2 bridgehead atoms. The van der Waals surface area contributed by atoms with Crippen LogP contribution in [0.5, 0.6) is 5.75 Å². The fourth-order valence-corrected chi connectivity index (χ4v) is 7.96. The minimum atomic E-state index is -3.05. The van der Waals surface area contributed by atoms with Gasteiger partial charge < -0.3 is 10.5 Å². The second-order valence-electron chi connectivity index (χ2n) is 8.81. The molecule has 1 aromatic carbocycles. The van der Waals surface area contributed by atoms with E-state index in [-0.39, 0.29) is 42.3 Å². The number of hydrogen-bond acceptors (Lipinski definition) is 6. The molecule has 2 N–H and O–H groups in total. The van der Waals surface area contributed by atoms with Crippen molar-refractivity contribution in [2.75, 3.05) is 13.3 Å². The summed E-state index contributed by atoms with van der Waals surface area (Å²) in [5.74, 6) is 5.69. The van der Waals surface area contributed by atoms with Gasteiger partial charge in [0.2, 0.25) is 0 Å². The number of alkyl halides is 1. The summed E-state index contributed by atoms with van der Waals surface area (Å²) in [5.41, 5.74) is 5.73. The molecule has 1 unspecified atom stereocenters. The van der Waals surface area contributed by atoms with Crippen molar-refractivity contribution < 1.29 is 22.5 Å². The molecule has 2 aliphatic rings. The van der Waals surface area contributed by atoms with Gasteiger partial charge >= 0.3 is 0 Å². The van der Waals surface area contributed by atoms with Crippen LogP contribution >= 0.6 is 0 Å². The van der Waals surface area contributed by atoms with Crippen molar-refractivity contribution in [2.24, 2.45) is 10.7 Å². The number of pyridine rings is 1. The van der Waals surface area contributed by atoms with Gasteiger partial charge in [0.25, 0.3) is 0 Å². The summed E-state index contributed by atoms with van der Waals surface area (Å²) in [6.07, 6.45) is 7.12. The highest BCUT2D eigenvalue weighted by atomic mass is 32.2. The third kappa shape index (κ3) is 3.57. The number of carbonyl (C=O) groups excluding carboxylic acids is 1. The summed E-state index contributed by atoms with van der Waals surface area (Å²) >= 11 is 0. The summed E-state index contributed by atoms with van der Waals surface area (Å²) in [5, 5.41) is -0.680. The normalized spacial score (nSPS) is 29.8. The number of Topliss-reactive ketones (excluding diaryl/α,β-unsaturated/α-hetero) is 1. The Morgan fingerprint density at radius 2 is 2.18 bits per heavy atom. The lowest BCUT2D eigenvalue weighted by molar-refractivity contribution is 0.0988. The average Bonchev–Trinajstić information content (AvgIpc) is 3.02. The fraction of sp³-hybridized carbons (Fsp3) is 0.360. The molecule has 2 aromatic rings. The quantitative estimate of drug-likeness (QED) is 0.370. The Balaban J connectivity index is 1.65. The molecule has 9 heteroatoms. The highest BCUT2D eigenvalue weighted by Gasteiger charge is 2.61. The van der Waals surface area contributed by atoms with Crippen LogP contribution in [0.25, 0.3) is 0 Å². The van der Waals surface area contributed by atoms with E-state index in [0.717, 1.165) is 0 Å². The van der Waals surface area contributed by atoms with Gasteiger partial charge in [-0.05, 0) is 65.0 Å². The smallest absolute Gasteiger partial charge is 0.185 e. The molecule has 0 saturated carbocycles. The number of fused-ring (bicyclic) bond motifs is 2. The minimum Gasteiger partial charge on any atom is -0.479 e. The van der Waals surface area contributed by atoms with E-state index in [1.165, 1.54) is 30.5 Å². The number of aromatic nitrogens is 1. The number of ether oxygens (including phenoxy) is 1. The van der Waals surface area contributed by atoms with Crippen LogP contribution in [0.1, 0.15) is 41.4 Å². The first-order chi connectivity index (χ1) is 16.1. The van der Waals surface area contributed by atoms with Crippen LogP contribution in [-0.2, 0) is 21.5 Å². The van der Waals surface area contributed by atoms with Gasteiger partial charge in [0.1, 0.15) is 46.7 Å². The Labute approximate surface area is 197 Å². The zero-order valence-corrected chi connectivity index (χ0v) is 19.5. The van der Waals surface area contributed by atoms with E-state index in [0.29, 0.717) is 17.7 Å². The molecule has 4 rings (SSSR count). The van der Waals surface area contributed by atoms with Gasteiger partial charge in [-0.15, -0.1) is 6.42 Å². The number of halogens is 2. The van der Waals surface area contributed by atoms with Crippen molar-refractivity contribution in [3.63, 3.8) is 0 Å². The predicted molar refractivity (Wildman–Crippen MR) is 129 cm³/mol. The van der Waals surface area contributed by atoms with E-state index < -0.39 is 37.5 Å². The number of benzene rings is 1. The largest absolute Gasteiger partial charge is 0.479 e. The maximum Gasteiger partial charge on any atom is 0.185 e. The number of nitrogens with zero attached hydrogens (tertiary/aromatic N) is 2. The number of ketones is 1. The molecule has 1 saturated heterocycles. The number of carbonyl (C=O) groups is 1. The van der Waals surface area contributed by atoms with Crippen molar-refractivity contribution in [3.05, 3.63) is 59.2 Å². The lowest BCUT2D eigenvalue weighted by Crippen LogP contribution is -2.58. The average molecular weight is 486 g/mol. The minimum absolute atomic E-state index is 0.0427. The molecule has 0 aliphatic carbocycles. The molecule has 1 fully saturated rings. The van der Waals surface area contributed by atoms with Crippen LogP contribution in [0.4, 0.5) is 8.78 Å². The highest BCUT2D eigenvalue weighted by Crippen LogP contribution is 2.51. The highest BCUT2D eigenvalue weighted by molar-refractivity contribution is 8.03. The first-order valence-corrected chi connectivity index (χ1v) is 12.5. The van der Waals surface area contributed by atoms with E-state index in [1.54, 1.807) is 13.0 Å². The number of aliphatic imine (C=N–C) groups is 1. The van der Waals surface area contributed by atoms with Crippen LogP contribution in [0, 0.1) is 18.2 Å². The third-order valence-corrected chi connectivity index (χ3v) is 10.3. The summed E-state index contributed by atoms with van der Waals surface area (Å²) in [4.78, 5) is 21.4. The molecule has 34 heavy (non-hydrogen) atoms. The fourth-order valence-electron chi connectivity index (χ4n) is 4.94. The molecule has 6 nitrogen and oxygen atoms in total. The summed E-state index contributed by atoms with van der Waals surface area (Å²) in [7, 11) is -3.05. The second-order valence-corrected chi connectivity index (χ2v) is 11.6. The summed E-state index contributed by atoms with van der Waals surface area (Å²) in [6.45, 7) is 0.809. The van der Waals surface area contributed by atoms with E-state index in [9.17, 15) is 13.4 Å². The third-order valence-electron chi connectivity index (χ3n) is 6.88. The van der Waals surface area contributed by atoms with Crippen molar-refractivity contribution >= 4 is 27.0 Å². The Bertz CT molecular complexity index is 1320. The van der Waals surface area contributed by atoms with Crippen LogP contribution in [0.15, 0.2) is 41.5 Å². The maximum atomic E-state index is 15.1. The molecule has 0 amide bonds. The Kier molecular flexibility index (Phi) is 5.98. The summed E-state index contributed by atoms with van der Waals surface area (Å²) in [6, 6.07) is 7.40. The Hall–Kier alpha value is -3.25. The van der Waals surface area contributed by atoms with E-state index >= 15 is 4.39 Å². The van der Waals surface area contributed by atoms with E-state index in [1.807, 2.05) is 0 Å². The number of nitrogens with two attached hydrogens (primary N) is 1. The van der Waals surface area contributed by atoms with Gasteiger partial charge in [-0.1, -0.05) is 12.0 Å². The van der Waals surface area contributed by atoms with Crippen LogP contribution in [-0.4, -0.2) is 50.0 Å². The lowest BCUT2D eigenvalue weighted by atomic mass is 9.85. The van der Waals surface area contributed by atoms with E-state index in [4.69, 9.17) is 16.9 Å². The standard InChI is InChI=1S/C25H25F2N3O3S/c1-4-11-33-17-6-8-20(29-14-17)21(31)13-16-5-7-19(27)18(12-16)24(2)22-9-10-25(15-26,23(28)30-24)34(22,3)32/h1,5-8,12,14,22H,3,9-11,13,15H2,2H3,(H2,28,30)/t22-,24+,25-,34?/m0/s1. The first-order valence-electron chi connectivity index (χ1n) is 10.7. The molecule has 2 aliphatic heterocycles. The molecular weight excluding hydrogens is 460 g/mol. The number of rotatable bonds is 7. The van der Waals surface area contributed by atoms with Gasteiger partial charge in [0.05, 0.1) is 11.4 Å². The Morgan fingerprint density at radius 1 is 1.41 bits per heavy atom. The SMILES string of the molecule is C#CCOc1ccc(C(=O)Cc2ccc(F)c([C@@]3(C)N=C(N)[C@@]4(CF)CC[C@@H]3S4(=C)=O)c2)nc1. The van der Waals surface area contributed by atoms with Crippen LogP contribution in [0.3, 0.4) is 0 Å². The lowest BCUT2D eigenvalue weighted by Gasteiger charge is -2.42. The zero-order chi connectivity index (χ0) is 24.7. The number of hydrogen-bond donors (Lipinski definition) is 1. The van der Waals surface area contributed by atoms with Crippen LogP contribution in [0.2, 0.25) is 0 Å². The molecule has 0 spiro atoms. The van der Waals surface area contributed by atoms with Crippen molar-refractivity contribution in [1.29, 1.82) is 0 Å². The van der Waals surface area contributed by atoms with Gasteiger partial charge in [-0.25, -0.2) is 13.8 Å². The molecule has 3 heterocycles. The van der Waals surface area contributed by atoms with Gasteiger partial charge in [0.15, 0.2) is 5.78 Å². The zero-order valence-electron chi connectivity index (χ0n) is 18.7. The van der Waals surface area contributed by atoms with Gasteiger partial charge in [-0.3, -0.25) is 14.0 Å². The van der Waals surface area contributed by atoms with E-state index in [2.05, 4.69) is 21.8 Å². The summed E-state index contributed by atoms with van der Waals surface area (Å²) < 4.78 is 46.5. The van der Waals surface area contributed by atoms with Crippen LogP contribution < -0.4 is 10.5 Å². The van der Waals surface area contributed by atoms with Gasteiger partial charge in [0, 0.05) is 12.0 Å². The van der Waals surface area contributed by atoms with Crippen molar-refractivity contribution in [2.45, 2.75) is 41.7 Å². The van der Waals surface area contributed by atoms with Crippen molar-refractivity contribution in [1.82, 2.24) is 4.98 Å². The second kappa shape index (κ2) is 8.51. The molecular formula is C25H25F2N3O3S. The van der Waals surface area contributed by atoms with Gasteiger partial charge in [-0.2, -0.15) is 0 Å². The number of amidine groups is 1. The van der Waals surface area contributed by atoms with Crippen molar-refractivity contribution in [3.8, 4) is 18.1 Å². The monoisotopic (exact) mass is 485 g/mol. The predicted octanol–water partition coefficient (Wildman–Crippen LogP) is 2.83. The first kappa shape index (κ1) is 23.9. The molecule has 178 valence electrons. The Morgan fingerprint density at radius 3 is 2.82 bits per heavy atom.